The van der Waals surface area contributed by atoms with Crippen LogP contribution in [0.2, 0.25) is 0 Å². The van der Waals surface area contributed by atoms with E-state index < -0.39 is 17.8 Å². The number of nitrogens with one attached hydrogen (secondary N) is 2. The maximum absolute atomic E-state index is 13.5. The van der Waals surface area contributed by atoms with Crippen molar-refractivity contribution in [2.75, 3.05) is 16.8 Å². The van der Waals surface area contributed by atoms with Crippen LogP contribution in [0.4, 0.5) is 16.2 Å². The minimum atomic E-state index is -0.757. The number of para-hydroxylation sites is 1. The smallest absolute Gasteiger partial charge is 0.335 e. The number of ether oxygens (including phenoxy) is 1. The Morgan fingerprint density at radius 3 is 2.12 bits per heavy atom. The number of carbonyl (C=O) groups is 4. The van der Waals surface area contributed by atoms with Gasteiger partial charge in [0.1, 0.15) is 11.3 Å². The summed E-state index contributed by atoms with van der Waals surface area (Å²) < 4.78 is 5.57. The molecule has 8 nitrogen and oxygen atoms in total. The number of hydrogen-bond acceptors (Lipinski definition) is 5. The van der Waals surface area contributed by atoms with Crippen molar-refractivity contribution in [2.24, 2.45) is 17.8 Å². The lowest BCUT2D eigenvalue weighted by Crippen LogP contribution is -2.54. The van der Waals surface area contributed by atoms with Gasteiger partial charge >= 0.3 is 6.03 Å². The highest BCUT2D eigenvalue weighted by atomic mass is 16.5. The molecule has 0 spiro atoms. The predicted octanol–water partition coefficient (Wildman–Crippen LogP) is 5.84. The van der Waals surface area contributed by atoms with Crippen LogP contribution in [-0.4, -0.2) is 30.4 Å². The van der Waals surface area contributed by atoms with E-state index in [1.54, 1.807) is 36.4 Å². The molecule has 0 atom stereocenters. The van der Waals surface area contributed by atoms with Crippen molar-refractivity contribution >= 4 is 41.2 Å². The van der Waals surface area contributed by atoms with Gasteiger partial charge in [-0.25, -0.2) is 9.69 Å². The first-order valence-electron chi connectivity index (χ1n) is 14.9. The highest BCUT2D eigenvalue weighted by Crippen LogP contribution is 2.60. The van der Waals surface area contributed by atoms with Gasteiger partial charge in [0.2, 0.25) is 0 Å². The molecule has 4 saturated carbocycles. The normalized spacial score (nSPS) is 26.9. The number of carbonyl (C=O) groups excluding carboxylic acids is 4. The van der Waals surface area contributed by atoms with E-state index in [1.807, 2.05) is 30.3 Å². The van der Waals surface area contributed by atoms with Crippen LogP contribution >= 0.6 is 0 Å². The molecule has 3 aromatic rings. The standard InChI is InChI=1S/C35H33N3O5/c39-31(36-27-4-2-1-3-5-27)21-43-29-12-6-22(7-13-29)17-30-32(40)37-34(42)38(33(30)41)28-10-8-26(9-11-28)35-18-23-14-24(19-35)16-25(15-23)20-35/h1-13,17,23-25H,14-16,18-21H2,(H,36,39)(H,37,40,42)/b30-17+. The van der Waals surface area contributed by atoms with Crippen LogP contribution < -0.4 is 20.3 Å². The van der Waals surface area contributed by atoms with Crippen molar-refractivity contribution in [1.82, 2.24) is 5.32 Å². The Morgan fingerprint density at radius 2 is 1.49 bits per heavy atom. The van der Waals surface area contributed by atoms with E-state index in [1.165, 1.54) is 50.2 Å². The third kappa shape index (κ3) is 5.33. The van der Waals surface area contributed by atoms with E-state index in [2.05, 4.69) is 22.8 Å². The summed E-state index contributed by atoms with van der Waals surface area (Å²) in [5, 5.41) is 5.06. The number of nitrogens with zero attached hydrogens (tertiary/aromatic N) is 1. The molecule has 8 rings (SSSR count). The molecule has 218 valence electrons. The monoisotopic (exact) mass is 575 g/mol. The number of amides is 5. The molecule has 0 radical (unpaired) electrons. The van der Waals surface area contributed by atoms with Gasteiger partial charge in [-0.2, -0.15) is 0 Å². The van der Waals surface area contributed by atoms with Gasteiger partial charge in [0, 0.05) is 5.69 Å². The fourth-order valence-electron chi connectivity index (χ4n) is 8.01. The molecule has 1 aliphatic heterocycles. The lowest BCUT2D eigenvalue weighted by molar-refractivity contribution is -0.122. The van der Waals surface area contributed by atoms with Gasteiger partial charge in [0.25, 0.3) is 17.7 Å². The quantitative estimate of drug-likeness (QED) is 0.272. The summed E-state index contributed by atoms with van der Waals surface area (Å²) in [7, 11) is 0. The van der Waals surface area contributed by atoms with E-state index in [-0.39, 0.29) is 23.5 Å². The summed E-state index contributed by atoms with van der Waals surface area (Å²) in [4.78, 5) is 52.1. The lowest BCUT2D eigenvalue weighted by atomic mass is 9.48. The summed E-state index contributed by atoms with van der Waals surface area (Å²) >= 11 is 0. The van der Waals surface area contributed by atoms with E-state index in [9.17, 15) is 19.2 Å². The van der Waals surface area contributed by atoms with Crippen molar-refractivity contribution in [1.29, 1.82) is 0 Å². The van der Waals surface area contributed by atoms with Gasteiger partial charge in [-0.15, -0.1) is 0 Å². The largest absolute Gasteiger partial charge is 0.484 e. The van der Waals surface area contributed by atoms with Crippen molar-refractivity contribution in [2.45, 2.75) is 43.9 Å². The van der Waals surface area contributed by atoms with Crippen molar-refractivity contribution < 1.29 is 23.9 Å². The molecule has 5 amide bonds. The Balaban J connectivity index is 1.03. The predicted molar refractivity (Wildman–Crippen MR) is 162 cm³/mol. The molecule has 4 bridgehead atoms. The summed E-state index contributed by atoms with van der Waals surface area (Å²) in [5.74, 6) is 1.21. The summed E-state index contributed by atoms with van der Waals surface area (Å²) in [6.07, 6.45) is 9.24. The fourth-order valence-corrected chi connectivity index (χ4v) is 8.01. The summed E-state index contributed by atoms with van der Waals surface area (Å²) in [6, 6.07) is 22.8. The highest BCUT2D eigenvalue weighted by molar-refractivity contribution is 6.39. The second-order valence-electron chi connectivity index (χ2n) is 12.5. The van der Waals surface area contributed by atoms with Gasteiger partial charge in [-0.05, 0) is 115 Å². The van der Waals surface area contributed by atoms with Crippen LogP contribution in [0.5, 0.6) is 5.75 Å². The first-order chi connectivity index (χ1) is 20.8. The maximum atomic E-state index is 13.5. The molecule has 5 fully saturated rings. The van der Waals surface area contributed by atoms with Crippen molar-refractivity contribution in [3.05, 3.63) is 95.6 Å². The van der Waals surface area contributed by atoms with Crippen LogP contribution in [0.1, 0.15) is 49.7 Å². The van der Waals surface area contributed by atoms with E-state index in [0.29, 0.717) is 22.7 Å². The van der Waals surface area contributed by atoms with Gasteiger partial charge < -0.3 is 10.1 Å². The van der Waals surface area contributed by atoms with Gasteiger partial charge in [0.15, 0.2) is 6.61 Å². The second kappa shape index (κ2) is 10.8. The SMILES string of the molecule is O=C(COc1ccc(/C=C2\C(=O)NC(=O)N(c3ccc(C45CC6CC(CC(C6)C4)C5)cc3)C2=O)cc1)Nc1ccccc1. The first kappa shape index (κ1) is 27.1. The Hall–Kier alpha value is -4.72. The van der Waals surface area contributed by atoms with Crippen LogP contribution in [0.15, 0.2) is 84.4 Å². The molecule has 1 heterocycles. The molecule has 4 aliphatic carbocycles. The highest BCUT2D eigenvalue weighted by Gasteiger charge is 2.51. The molecule has 43 heavy (non-hydrogen) atoms. The Morgan fingerprint density at radius 1 is 0.860 bits per heavy atom. The minimum absolute atomic E-state index is 0.138. The first-order valence-corrected chi connectivity index (χ1v) is 14.9. The molecule has 1 saturated heterocycles. The fraction of sp³-hybridized carbons (Fsp3) is 0.314. The second-order valence-corrected chi connectivity index (χ2v) is 12.5. The van der Waals surface area contributed by atoms with Crippen molar-refractivity contribution in [3.63, 3.8) is 0 Å². The number of hydrogen-bond donors (Lipinski definition) is 2. The van der Waals surface area contributed by atoms with E-state index in [4.69, 9.17) is 4.74 Å². The number of imide groups is 2. The van der Waals surface area contributed by atoms with Crippen LogP contribution in [0.25, 0.3) is 6.08 Å². The van der Waals surface area contributed by atoms with Crippen LogP contribution in [0, 0.1) is 17.8 Å². The number of anilines is 2. The van der Waals surface area contributed by atoms with E-state index in [0.717, 1.165) is 22.7 Å². The molecule has 3 aromatic carbocycles. The molecular formula is C35H33N3O5. The van der Waals surface area contributed by atoms with Gasteiger partial charge in [-0.3, -0.25) is 19.7 Å². The van der Waals surface area contributed by atoms with Gasteiger partial charge in [0.05, 0.1) is 5.69 Å². The zero-order valence-corrected chi connectivity index (χ0v) is 23.8. The number of barbiturate groups is 1. The Labute approximate surface area is 250 Å². The Kier molecular flexibility index (Phi) is 6.84. The average molecular weight is 576 g/mol. The third-order valence-corrected chi connectivity index (χ3v) is 9.50. The number of urea groups is 1. The molecule has 5 aliphatic rings. The number of rotatable bonds is 7. The molecule has 2 N–H and O–H groups in total. The topological polar surface area (TPSA) is 105 Å². The minimum Gasteiger partial charge on any atom is -0.484 e. The van der Waals surface area contributed by atoms with Crippen LogP contribution in [0.3, 0.4) is 0 Å². The Bertz CT molecular complexity index is 1580. The van der Waals surface area contributed by atoms with Gasteiger partial charge in [-0.1, -0.05) is 42.5 Å². The average Bonchev–Trinajstić information content (AvgIpc) is 2.99. The zero-order chi connectivity index (χ0) is 29.6. The lowest BCUT2D eigenvalue weighted by Gasteiger charge is -2.57. The molecule has 8 heteroatoms. The summed E-state index contributed by atoms with van der Waals surface area (Å²) in [6.45, 7) is -0.172. The maximum Gasteiger partial charge on any atom is 0.335 e. The number of benzene rings is 3. The molecular weight excluding hydrogens is 542 g/mol. The zero-order valence-electron chi connectivity index (χ0n) is 23.8. The van der Waals surface area contributed by atoms with Crippen LogP contribution in [-0.2, 0) is 19.8 Å². The third-order valence-electron chi connectivity index (χ3n) is 9.50. The van der Waals surface area contributed by atoms with Crippen molar-refractivity contribution in [3.8, 4) is 5.75 Å². The molecule has 0 aromatic heterocycles. The van der Waals surface area contributed by atoms with E-state index >= 15 is 0 Å². The summed E-state index contributed by atoms with van der Waals surface area (Å²) in [5.41, 5.74) is 3.06. The molecule has 0 unspecified atom stereocenters.